The van der Waals surface area contributed by atoms with Crippen molar-refractivity contribution in [3.8, 4) is 22.4 Å². The highest BCUT2D eigenvalue weighted by atomic mass is 16.6. The van der Waals surface area contributed by atoms with Crippen molar-refractivity contribution in [3.63, 3.8) is 0 Å². The SMILES string of the molecule is COC(=O)NC(C(=O)N1CCCC1c1ncc(-c2ccc3cc(-c4ccc(C5=CN=C(C6CCCN6C(=O)OC(C)(C)C)[NH2+]5)cc4)ccc3c2)[nH]1)C(C)C. The van der Waals surface area contributed by atoms with Gasteiger partial charge in [0.15, 0.2) is 5.70 Å². The van der Waals surface area contributed by atoms with Gasteiger partial charge in [-0.25, -0.2) is 19.6 Å². The molecule has 3 aliphatic rings. The summed E-state index contributed by atoms with van der Waals surface area (Å²) in [6.45, 7) is 10.8. The molecule has 3 aliphatic heterocycles. The molecule has 3 atom stereocenters. The zero-order chi connectivity index (χ0) is 38.1. The lowest BCUT2D eigenvalue weighted by Crippen LogP contribution is -2.86. The predicted octanol–water partition coefficient (Wildman–Crippen LogP) is 6.61. The second-order valence-corrected chi connectivity index (χ2v) is 15.7. The maximum absolute atomic E-state index is 13.6. The van der Waals surface area contributed by atoms with Crippen LogP contribution in [0.4, 0.5) is 9.59 Å². The van der Waals surface area contributed by atoms with Gasteiger partial charge in [0.05, 0.1) is 31.2 Å². The van der Waals surface area contributed by atoms with E-state index in [-0.39, 0.29) is 30.0 Å². The molecule has 3 unspecified atom stereocenters. The highest BCUT2D eigenvalue weighted by Gasteiger charge is 2.40. The van der Waals surface area contributed by atoms with E-state index in [1.54, 1.807) is 4.90 Å². The summed E-state index contributed by atoms with van der Waals surface area (Å²) in [6, 6.07) is 20.4. The molecule has 1 aromatic heterocycles. The van der Waals surface area contributed by atoms with Crippen LogP contribution in [-0.2, 0) is 14.3 Å². The third-order valence-corrected chi connectivity index (χ3v) is 10.4. The van der Waals surface area contributed by atoms with Gasteiger partial charge in [-0.3, -0.25) is 15.0 Å². The number of methoxy groups -OCH3 is 1. The Bertz CT molecular complexity index is 2110. The first-order valence-corrected chi connectivity index (χ1v) is 18.9. The Morgan fingerprint density at radius 1 is 0.870 bits per heavy atom. The fourth-order valence-corrected chi connectivity index (χ4v) is 7.62. The minimum Gasteiger partial charge on any atom is -0.453 e. The monoisotopic (exact) mass is 732 g/mol. The molecule has 0 saturated carbocycles. The number of amides is 3. The van der Waals surface area contributed by atoms with Crippen LogP contribution in [-0.4, -0.2) is 81.6 Å². The van der Waals surface area contributed by atoms with Gasteiger partial charge >= 0.3 is 12.2 Å². The quantitative estimate of drug-likeness (QED) is 0.186. The van der Waals surface area contributed by atoms with Crippen molar-refractivity contribution >= 4 is 40.4 Å². The van der Waals surface area contributed by atoms with Gasteiger partial charge < -0.3 is 24.7 Å². The van der Waals surface area contributed by atoms with Gasteiger partial charge in [0.2, 0.25) is 11.7 Å². The number of rotatable bonds is 8. The molecule has 3 amide bonds. The number of aromatic amines is 1. The third kappa shape index (κ3) is 7.75. The molecule has 54 heavy (non-hydrogen) atoms. The topological polar surface area (TPSA) is 146 Å². The number of imidazole rings is 1. The predicted molar refractivity (Wildman–Crippen MR) is 208 cm³/mol. The summed E-state index contributed by atoms with van der Waals surface area (Å²) < 4.78 is 10.4. The highest BCUT2D eigenvalue weighted by Crippen LogP contribution is 2.34. The Morgan fingerprint density at radius 3 is 2.19 bits per heavy atom. The van der Waals surface area contributed by atoms with Crippen molar-refractivity contribution < 1.29 is 29.2 Å². The number of carbonyl (C=O) groups excluding carboxylic acids is 3. The van der Waals surface area contributed by atoms with E-state index >= 15 is 0 Å². The average Bonchev–Trinajstić information content (AvgIpc) is 3.98. The van der Waals surface area contributed by atoms with Crippen molar-refractivity contribution in [2.75, 3.05) is 20.2 Å². The number of aliphatic imine (C=N–C) groups is 1. The zero-order valence-corrected chi connectivity index (χ0v) is 31.9. The number of benzene rings is 3. The number of amidine groups is 1. The summed E-state index contributed by atoms with van der Waals surface area (Å²) in [5, 5.41) is 7.03. The molecule has 282 valence electrons. The summed E-state index contributed by atoms with van der Waals surface area (Å²) in [4.78, 5) is 54.9. The first kappa shape index (κ1) is 36.9. The van der Waals surface area contributed by atoms with E-state index in [1.807, 2.05) is 51.9 Å². The number of alkyl carbamates (subject to hydrolysis) is 1. The first-order valence-electron chi connectivity index (χ1n) is 18.9. The van der Waals surface area contributed by atoms with Gasteiger partial charge in [-0.05, 0) is 98.5 Å². The summed E-state index contributed by atoms with van der Waals surface area (Å²) >= 11 is 0. The second kappa shape index (κ2) is 15.1. The number of quaternary nitrogens is 1. The van der Waals surface area contributed by atoms with E-state index in [0.717, 1.165) is 81.8 Å². The standard InChI is InChI=1S/C42H49N7O5/c1-25(2)36(47-40(51)53-6)39(50)48-19-7-9-34(48)37-44-24-33(46-37)31-18-17-29-21-28(15-16-30(29)22-31)26-11-13-27(14-12-26)32-23-43-38(45-32)35-10-8-20-49(35)41(52)54-42(3,4)5/h11-18,21-25,34-36H,7-10,19-20H2,1-6H3,(H,43,45)(H,44,46)(H,47,51)/p+1. The molecule has 2 saturated heterocycles. The van der Waals surface area contributed by atoms with Crippen LogP contribution in [0.25, 0.3) is 38.9 Å². The molecule has 4 N–H and O–H groups in total. The highest BCUT2D eigenvalue weighted by molar-refractivity contribution is 5.92. The van der Waals surface area contributed by atoms with Crippen LogP contribution in [0.3, 0.4) is 0 Å². The molecule has 0 spiro atoms. The number of fused-ring (bicyclic) bond motifs is 1. The molecular weight excluding hydrogens is 683 g/mol. The third-order valence-electron chi connectivity index (χ3n) is 10.4. The summed E-state index contributed by atoms with van der Waals surface area (Å²) in [5.41, 5.74) is 5.70. The average molecular weight is 733 g/mol. The molecular formula is C42H50N7O5+. The Morgan fingerprint density at radius 2 is 1.50 bits per heavy atom. The van der Waals surface area contributed by atoms with E-state index in [9.17, 15) is 14.4 Å². The fraction of sp³-hybridized carbons (Fsp3) is 0.405. The second-order valence-electron chi connectivity index (χ2n) is 15.7. The first-order chi connectivity index (χ1) is 25.9. The van der Waals surface area contributed by atoms with E-state index in [2.05, 4.69) is 76.3 Å². The maximum Gasteiger partial charge on any atom is 0.411 e. The van der Waals surface area contributed by atoms with E-state index in [0.29, 0.717) is 13.1 Å². The molecule has 12 nitrogen and oxygen atoms in total. The number of nitrogens with two attached hydrogens (primary N) is 1. The maximum atomic E-state index is 13.6. The lowest BCUT2D eigenvalue weighted by atomic mass is 9.98. The molecule has 7 rings (SSSR count). The van der Waals surface area contributed by atoms with Gasteiger partial charge in [0.25, 0.3) is 0 Å². The van der Waals surface area contributed by atoms with Crippen molar-refractivity contribution in [3.05, 3.63) is 84.4 Å². The van der Waals surface area contributed by atoms with Gasteiger partial charge in [-0.15, -0.1) is 0 Å². The molecule has 12 heteroatoms. The van der Waals surface area contributed by atoms with Crippen LogP contribution in [0.5, 0.6) is 0 Å². The largest absolute Gasteiger partial charge is 0.453 e. The van der Waals surface area contributed by atoms with Gasteiger partial charge in [0, 0.05) is 24.2 Å². The van der Waals surface area contributed by atoms with Crippen molar-refractivity contribution in [2.24, 2.45) is 10.9 Å². The molecule has 3 aromatic carbocycles. The number of hydrogen-bond donors (Lipinski definition) is 3. The van der Waals surface area contributed by atoms with Crippen molar-refractivity contribution in [2.45, 2.75) is 84.0 Å². The van der Waals surface area contributed by atoms with Gasteiger partial charge in [0.1, 0.15) is 23.5 Å². The number of carbonyl (C=O) groups is 3. The lowest BCUT2D eigenvalue weighted by molar-refractivity contribution is -0.435. The Kier molecular flexibility index (Phi) is 10.3. The number of hydrogen-bond acceptors (Lipinski definition) is 7. The number of nitrogens with one attached hydrogen (secondary N) is 2. The number of nitrogens with zero attached hydrogens (tertiary/aromatic N) is 4. The molecule has 2 fully saturated rings. The van der Waals surface area contributed by atoms with Crippen LogP contribution in [0, 0.1) is 5.92 Å². The summed E-state index contributed by atoms with van der Waals surface area (Å²) in [6.07, 6.45) is 6.28. The number of likely N-dealkylation sites (tertiary alicyclic amines) is 2. The minimum absolute atomic E-state index is 0.0736. The van der Waals surface area contributed by atoms with Crippen LogP contribution < -0.4 is 10.6 Å². The smallest absolute Gasteiger partial charge is 0.411 e. The zero-order valence-electron chi connectivity index (χ0n) is 31.9. The van der Waals surface area contributed by atoms with Crippen LogP contribution in [0.1, 0.15) is 77.7 Å². The molecule has 0 aliphatic carbocycles. The molecule has 0 bridgehead atoms. The Hall–Kier alpha value is -5.49. The van der Waals surface area contributed by atoms with Crippen molar-refractivity contribution in [1.29, 1.82) is 0 Å². The molecule has 0 radical (unpaired) electrons. The minimum atomic E-state index is -0.677. The molecule has 4 aromatic rings. The van der Waals surface area contributed by atoms with Gasteiger partial charge in [-0.1, -0.05) is 50.2 Å². The van der Waals surface area contributed by atoms with Gasteiger partial charge in [-0.2, -0.15) is 0 Å². The van der Waals surface area contributed by atoms with Crippen LogP contribution >= 0.6 is 0 Å². The normalized spacial score (nSPS) is 19.2. The van der Waals surface area contributed by atoms with Crippen molar-refractivity contribution in [1.82, 2.24) is 25.1 Å². The van der Waals surface area contributed by atoms with E-state index in [4.69, 9.17) is 19.5 Å². The van der Waals surface area contributed by atoms with E-state index < -0.39 is 17.7 Å². The number of ether oxygens (including phenoxy) is 2. The summed E-state index contributed by atoms with van der Waals surface area (Å²) in [5.74, 6) is 1.42. The van der Waals surface area contributed by atoms with Crippen LogP contribution in [0.15, 0.2) is 78.1 Å². The Balaban J connectivity index is 1.00. The summed E-state index contributed by atoms with van der Waals surface area (Å²) in [7, 11) is 1.30. The number of aromatic nitrogens is 2. The van der Waals surface area contributed by atoms with Crippen LogP contribution in [0.2, 0.25) is 0 Å². The Labute approximate surface area is 316 Å². The fourth-order valence-electron chi connectivity index (χ4n) is 7.62. The number of H-pyrrole nitrogens is 1. The molecule has 4 heterocycles. The lowest BCUT2D eigenvalue weighted by Gasteiger charge is -2.30. The van der Waals surface area contributed by atoms with E-state index in [1.165, 1.54) is 7.11 Å².